The lowest BCUT2D eigenvalue weighted by Crippen LogP contribution is -2.40. The lowest BCUT2D eigenvalue weighted by Gasteiger charge is -2.25. The van der Waals surface area contributed by atoms with Gasteiger partial charge in [-0.15, -0.1) is 10.2 Å². The zero-order valence-corrected chi connectivity index (χ0v) is 8.48. The summed E-state index contributed by atoms with van der Waals surface area (Å²) in [7, 11) is 0. The average Bonchev–Trinajstić information content (AvgIpc) is 2.67. The Bertz CT molecular complexity index is 331. The molecule has 0 bridgehead atoms. The van der Waals surface area contributed by atoms with Crippen molar-refractivity contribution >= 4 is 16.5 Å². The molecular formula is C7H8F3N4S. The van der Waals surface area contributed by atoms with Crippen LogP contribution in [-0.2, 0) is 6.18 Å². The maximum absolute atomic E-state index is 12.2. The Morgan fingerprint density at radius 1 is 1.13 bits per heavy atom. The molecular weight excluding hydrogens is 229 g/mol. The second-order valence-corrected chi connectivity index (χ2v) is 4.00. The fourth-order valence-corrected chi connectivity index (χ4v) is 2.02. The minimum absolute atomic E-state index is 0.331. The van der Waals surface area contributed by atoms with Gasteiger partial charge in [-0.3, -0.25) is 0 Å². The van der Waals surface area contributed by atoms with E-state index in [-0.39, 0.29) is 0 Å². The van der Waals surface area contributed by atoms with Crippen LogP contribution in [0.1, 0.15) is 5.01 Å². The fraction of sp³-hybridized carbons (Fsp3) is 0.714. The monoisotopic (exact) mass is 237 g/mol. The van der Waals surface area contributed by atoms with E-state index in [0.29, 0.717) is 42.6 Å². The van der Waals surface area contributed by atoms with Gasteiger partial charge in [0.05, 0.1) is 0 Å². The summed E-state index contributed by atoms with van der Waals surface area (Å²) in [6.07, 6.45) is -4.39. The summed E-state index contributed by atoms with van der Waals surface area (Å²) >= 11 is 0.583. The first-order valence-electron chi connectivity index (χ1n) is 4.36. The molecule has 2 rings (SSSR count). The average molecular weight is 237 g/mol. The summed E-state index contributed by atoms with van der Waals surface area (Å²) in [4.78, 5) is 1.78. The maximum Gasteiger partial charge on any atom is 0.445 e. The number of alkyl halides is 3. The van der Waals surface area contributed by atoms with Crippen molar-refractivity contribution in [2.45, 2.75) is 6.18 Å². The number of hydrogen-bond donors (Lipinski definition) is 0. The van der Waals surface area contributed by atoms with Crippen molar-refractivity contribution in [3.8, 4) is 0 Å². The van der Waals surface area contributed by atoms with Gasteiger partial charge in [-0.1, -0.05) is 11.3 Å². The second-order valence-electron chi connectivity index (χ2n) is 3.05. The smallest absolute Gasteiger partial charge is 0.344 e. The molecule has 1 fully saturated rings. The maximum atomic E-state index is 12.2. The first kappa shape index (κ1) is 10.6. The quantitative estimate of drug-likeness (QED) is 0.731. The Morgan fingerprint density at radius 2 is 1.80 bits per heavy atom. The van der Waals surface area contributed by atoms with Gasteiger partial charge in [-0.2, -0.15) is 13.2 Å². The second kappa shape index (κ2) is 3.93. The molecule has 1 radical (unpaired) electrons. The molecule has 1 aromatic heterocycles. The molecule has 1 aromatic rings. The Kier molecular flexibility index (Phi) is 2.79. The van der Waals surface area contributed by atoms with Crippen LogP contribution in [0.4, 0.5) is 18.3 Å². The molecule has 0 N–H and O–H groups in total. The lowest BCUT2D eigenvalue weighted by molar-refractivity contribution is -0.138. The van der Waals surface area contributed by atoms with E-state index in [9.17, 15) is 13.2 Å². The van der Waals surface area contributed by atoms with Crippen LogP contribution in [-0.4, -0.2) is 36.4 Å². The highest BCUT2D eigenvalue weighted by molar-refractivity contribution is 7.15. The van der Waals surface area contributed by atoms with Crippen molar-refractivity contribution in [2.75, 3.05) is 31.1 Å². The van der Waals surface area contributed by atoms with Crippen molar-refractivity contribution in [3.05, 3.63) is 5.01 Å². The SMILES string of the molecule is FC(F)(F)c1nnc(N2CC[N]CC2)s1. The van der Waals surface area contributed by atoms with E-state index in [1.807, 2.05) is 0 Å². The minimum Gasteiger partial charge on any atom is -0.344 e. The fourth-order valence-electron chi connectivity index (χ4n) is 1.26. The number of rotatable bonds is 1. The summed E-state index contributed by atoms with van der Waals surface area (Å²) < 4.78 is 36.7. The van der Waals surface area contributed by atoms with E-state index < -0.39 is 11.2 Å². The lowest BCUT2D eigenvalue weighted by atomic mass is 10.4. The van der Waals surface area contributed by atoms with Gasteiger partial charge in [-0.05, 0) is 0 Å². The Labute approximate surface area is 88.1 Å². The zero-order chi connectivity index (χ0) is 10.9. The number of anilines is 1. The van der Waals surface area contributed by atoms with Crippen LogP contribution in [0, 0.1) is 0 Å². The standard InChI is InChI=1S/C7H8F3N4S/c8-7(9,10)5-12-13-6(15-5)14-3-1-11-2-4-14/h1-4H2. The van der Waals surface area contributed by atoms with Gasteiger partial charge in [0.15, 0.2) is 0 Å². The predicted molar refractivity (Wildman–Crippen MR) is 49.0 cm³/mol. The molecule has 0 amide bonds. The number of aromatic nitrogens is 2. The Balaban J connectivity index is 2.12. The first-order valence-corrected chi connectivity index (χ1v) is 5.18. The third-order valence-corrected chi connectivity index (χ3v) is 3.01. The Morgan fingerprint density at radius 3 is 2.33 bits per heavy atom. The molecule has 0 aliphatic carbocycles. The van der Waals surface area contributed by atoms with Crippen molar-refractivity contribution in [2.24, 2.45) is 0 Å². The normalized spacial score (nSPS) is 18.2. The molecule has 2 heterocycles. The third kappa shape index (κ3) is 2.37. The predicted octanol–water partition coefficient (Wildman–Crippen LogP) is 0.981. The van der Waals surface area contributed by atoms with Crippen LogP contribution in [0.2, 0.25) is 0 Å². The molecule has 1 aliphatic heterocycles. The van der Waals surface area contributed by atoms with Crippen molar-refractivity contribution in [3.63, 3.8) is 0 Å². The number of halogens is 3. The van der Waals surface area contributed by atoms with Crippen LogP contribution in [0.5, 0.6) is 0 Å². The molecule has 0 atom stereocenters. The summed E-state index contributed by atoms with van der Waals surface area (Å²) in [5, 5.41) is 10.2. The largest absolute Gasteiger partial charge is 0.445 e. The molecule has 8 heteroatoms. The van der Waals surface area contributed by atoms with Crippen LogP contribution >= 0.6 is 11.3 Å². The number of hydrogen-bond acceptors (Lipinski definition) is 4. The van der Waals surface area contributed by atoms with Gasteiger partial charge in [0, 0.05) is 26.2 Å². The highest BCUT2D eigenvalue weighted by Gasteiger charge is 2.36. The van der Waals surface area contributed by atoms with E-state index in [1.54, 1.807) is 4.90 Å². The molecule has 0 unspecified atom stereocenters. The van der Waals surface area contributed by atoms with E-state index in [1.165, 1.54) is 0 Å². The third-order valence-electron chi connectivity index (χ3n) is 1.98. The van der Waals surface area contributed by atoms with E-state index in [0.717, 1.165) is 0 Å². The molecule has 1 aliphatic rings. The van der Waals surface area contributed by atoms with Crippen molar-refractivity contribution < 1.29 is 13.2 Å². The van der Waals surface area contributed by atoms with Crippen LogP contribution in [0.3, 0.4) is 0 Å². The summed E-state index contributed by atoms with van der Waals surface area (Å²) in [5.74, 6) is 0. The van der Waals surface area contributed by atoms with E-state index >= 15 is 0 Å². The van der Waals surface area contributed by atoms with Crippen LogP contribution in [0.25, 0.3) is 0 Å². The number of piperazine rings is 1. The van der Waals surface area contributed by atoms with E-state index in [4.69, 9.17) is 0 Å². The molecule has 15 heavy (non-hydrogen) atoms. The molecule has 1 saturated heterocycles. The topological polar surface area (TPSA) is 43.1 Å². The first-order chi connectivity index (χ1) is 7.07. The van der Waals surface area contributed by atoms with Gasteiger partial charge in [0.1, 0.15) is 0 Å². The van der Waals surface area contributed by atoms with Gasteiger partial charge in [-0.25, -0.2) is 5.32 Å². The van der Waals surface area contributed by atoms with Gasteiger partial charge >= 0.3 is 6.18 Å². The van der Waals surface area contributed by atoms with Gasteiger partial charge in [0.2, 0.25) is 10.1 Å². The summed E-state index contributed by atoms with van der Waals surface area (Å²) in [5.41, 5.74) is 0. The van der Waals surface area contributed by atoms with Gasteiger partial charge in [0.25, 0.3) is 0 Å². The highest BCUT2D eigenvalue weighted by atomic mass is 32.1. The van der Waals surface area contributed by atoms with Crippen LogP contribution < -0.4 is 10.2 Å². The van der Waals surface area contributed by atoms with Gasteiger partial charge < -0.3 is 4.90 Å². The molecule has 0 aromatic carbocycles. The minimum atomic E-state index is -4.39. The summed E-state index contributed by atoms with van der Waals surface area (Å²) in [6, 6.07) is 0. The zero-order valence-electron chi connectivity index (χ0n) is 7.66. The highest BCUT2D eigenvalue weighted by Crippen LogP contribution is 2.34. The van der Waals surface area contributed by atoms with Crippen molar-refractivity contribution in [1.29, 1.82) is 0 Å². The van der Waals surface area contributed by atoms with Crippen molar-refractivity contribution in [1.82, 2.24) is 15.5 Å². The molecule has 4 nitrogen and oxygen atoms in total. The van der Waals surface area contributed by atoms with Crippen LogP contribution in [0.15, 0.2) is 0 Å². The molecule has 0 saturated carbocycles. The molecule has 0 spiro atoms. The van der Waals surface area contributed by atoms with E-state index in [2.05, 4.69) is 15.5 Å². The summed E-state index contributed by atoms with van der Waals surface area (Å²) in [6.45, 7) is 2.51. The number of nitrogens with zero attached hydrogens (tertiary/aromatic N) is 4. The Hall–Kier alpha value is -0.890. The molecule has 83 valence electrons.